The summed E-state index contributed by atoms with van der Waals surface area (Å²) in [5.41, 5.74) is 3.34. The third-order valence-corrected chi connectivity index (χ3v) is 4.77. The number of aliphatic hydroxyl groups excluding tert-OH is 1. The van der Waals surface area contributed by atoms with Gasteiger partial charge in [-0.1, -0.05) is 80.1 Å². The Balaban J connectivity index is 2.24. The minimum atomic E-state index is -0.475. The van der Waals surface area contributed by atoms with Crippen LogP contribution in [0.1, 0.15) is 43.9 Å². The van der Waals surface area contributed by atoms with Crippen LogP contribution in [-0.4, -0.2) is 35.5 Å². The van der Waals surface area contributed by atoms with Crippen LogP contribution < -0.4 is 5.32 Å². The van der Waals surface area contributed by atoms with Crippen molar-refractivity contribution in [3.8, 4) is 0 Å². The van der Waals surface area contributed by atoms with Gasteiger partial charge in [-0.25, -0.2) is 0 Å². The third kappa shape index (κ3) is 6.71. The van der Waals surface area contributed by atoms with Crippen LogP contribution in [0.4, 0.5) is 0 Å². The van der Waals surface area contributed by atoms with Gasteiger partial charge in [0, 0.05) is 12.6 Å². The highest BCUT2D eigenvalue weighted by Gasteiger charge is 2.14. The lowest BCUT2D eigenvalue weighted by atomic mass is 10.0. The van der Waals surface area contributed by atoms with Gasteiger partial charge in [0.05, 0.1) is 18.3 Å². The van der Waals surface area contributed by atoms with Crippen molar-refractivity contribution < 1.29 is 14.7 Å². The Morgan fingerprint density at radius 3 is 2.27 bits per heavy atom. The molecule has 0 fully saturated rings. The number of nitrogens with one attached hydrogen (secondary N) is 1. The molecule has 2 amide bonds. The standard InChI is InChI=1S/C25H30N2O3/c1-3-4-17-27(19-29)25(22-13-9-6-10-14-22)20(2)15-16-24(30)26-23(18-28)21-11-7-5-8-12-21/h5-16,19,23,28H,3-4,17-18H2,1-2H3,(H,26,30)/b16-15+,25-20-/t23-/m1/s1. The number of amides is 2. The molecular weight excluding hydrogens is 376 g/mol. The highest BCUT2D eigenvalue weighted by atomic mass is 16.3. The van der Waals surface area contributed by atoms with E-state index in [9.17, 15) is 14.7 Å². The molecule has 30 heavy (non-hydrogen) atoms. The van der Waals surface area contributed by atoms with Crippen molar-refractivity contribution >= 4 is 18.0 Å². The Hall–Kier alpha value is -3.18. The highest BCUT2D eigenvalue weighted by Crippen LogP contribution is 2.23. The van der Waals surface area contributed by atoms with Gasteiger partial charge in [0.2, 0.25) is 12.3 Å². The first-order valence-corrected chi connectivity index (χ1v) is 10.2. The number of rotatable bonds is 11. The molecule has 5 nitrogen and oxygen atoms in total. The first-order chi connectivity index (χ1) is 14.6. The lowest BCUT2D eigenvalue weighted by Gasteiger charge is -2.23. The number of hydrogen-bond acceptors (Lipinski definition) is 3. The predicted molar refractivity (Wildman–Crippen MR) is 120 cm³/mol. The number of nitrogens with zero attached hydrogens (tertiary/aromatic N) is 1. The highest BCUT2D eigenvalue weighted by molar-refractivity contribution is 5.89. The van der Waals surface area contributed by atoms with Gasteiger partial charge >= 0.3 is 0 Å². The van der Waals surface area contributed by atoms with E-state index in [1.165, 1.54) is 6.08 Å². The van der Waals surface area contributed by atoms with Crippen LogP contribution in [0.5, 0.6) is 0 Å². The summed E-state index contributed by atoms with van der Waals surface area (Å²) in [7, 11) is 0. The van der Waals surface area contributed by atoms with Crippen molar-refractivity contribution in [1.82, 2.24) is 10.2 Å². The van der Waals surface area contributed by atoms with E-state index in [4.69, 9.17) is 0 Å². The quantitative estimate of drug-likeness (QED) is 0.336. The van der Waals surface area contributed by atoms with Crippen molar-refractivity contribution in [1.29, 1.82) is 0 Å². The lowest BCUT2D eigenvalue weighted by Crippen LogP contribution is -2.29. The molecule has 1 atom stereocenters. The fraction of sp³-hybridized carbons (Fsp3) is 0.280. The minimum absolute atomic E-state index is 0.191. The number of allylic oxidation sites excluding steroid dienone is 2. The van der Waals surface area contributed by atoms with Crippen molar-refractivity contribution in [2.75, 3.05) is 13.2 Å². The molecule has 0 aromatic heterocycles. The largest absolute Gasteiger partial charge is 0.394 e. The molecule has 2 rings (SSSR count). The summed E-state index contributed by atoms with van der Waals surface area (Å²) in [6.07, 6.45) is 5.85. The summed E-state index contributed by atoms with van der Waals surface area (Å²) in [5.74, 6) is -0.309. The van der Waals surface area contributed by atoms with E-state index in [1.807, 2.05) is 67.6 Å². The predicted octanol–water partition coefficient (Wildman–Crippen LogP) is 4.08. The van der Waals surface area contributed by atoms with E-state index in [2.05, 4.69) is 12.2 Å². The third-order valence-electron chi connectivity index (χ3n) is 4.77. The van der Waals surface area contributed by atoms with Crippen LogP contribution in [0, 0.1) is 0 Å². The number of unbranched alkanes of at least 4 members (excludes halogenated alkanes) is 1. The average Bonchev–Trinajstić information content (AvgIpc) is 2.79. The first-order valence-electron chi connectivity index (χ1n) is 10.2. The molecule has 0 spiro atoms. The van der Waals surface area contributed by atoms with Gasteiger partial charge in [-0.15, -0.1) is 0 Å². The van der Waals surface area contributed by atoms with Crippen LogP contribution in [0.25, 0.3) is 5.70 Å². The fourth-order valence-electron chi connectivity index (χ4n) is 3.18. The molecule has 0 aliphatic rings. The summed E-state index contributed by atoms with van der Waals surface area (Å²) in [6, 6.07) is 18.5. The van der Waals surface area contributed by atoms with Crippen LogP contribution in [0.2, 0.25) is 0 Å². The number of carbonyl (C=O) groups is 2. The van der Waals surface area contributed by atoms with Gasteiger partial charge in [-0.2, -0.15) is 0 Å². The van der Waals surface area contributed by atoms with E-state index in [-0.39, 0.29) is 12.5 Å². The van der Waals surface area contributed by atoms with Crippen molar-refractivity contribution in [3.63, 3.8) is 0 Å². The molecule has 0 saturated heterocycles. The van der Waals surface area contributed by atoms with E-state index in [1.54, 1.807) is 11.0 Å². The number of carbonyl (C=O) groups excluding carboxylic acids is 2. The van der Waals surface area contributed by atoms with Crippen molar-refractivity contribution in [3.05, 3.63) is 89.5 Å². The van der Waals surface area contributed by atoms with Gasteiger partial charge in [0.15, 0.2) is 0 Å². The topological polar surface area (TPSA) is 69.6 Å². The zero-order valence-corrected chi connectivity index (χ0v) is 17.6. The van der Waals surface area contributed by atoms with E-state index < -0.39 is 6.04 Å². The normalized spacial score (nSPS) is 12.9. The molecule has 0 saturated carbocycles. The van der Waals surface area contributed by atoms with Gasteiger partial charge in [-0.05, 0) is 30.0 Å². The fourth-order valence-corrected chi connectivity index (χ4v) is 3.18. The maximum atomic E-state index is 12.4. The Kier molecular flexibility index (Phi) is 9.55. The number of hydrogen-bond donors (Lipinski definition) is 2. The first kappa shape index (κ1) is 23.1. The lowest BCUT2D eigenvalue weighted by molar-refractivity contribution is -0.117. The van der Waals surface area contributed by atoms with E-state index in [0.29, 0.717) is 6.54 Å². The second kappa shape index (κ2) is 12.4. The molecule has 158 valence electrons. The molecule has 5 heteroatoms. The molecule has 0 aliphatic heterocycles. The summed E-state index contributed by atoms with van der Waals surface area (Å²) in [4.78, 5) is 25.9. The van der Waals surface area contributed by atoms with Gasteiger partial charge in [-0.3, -0.25) is 9.59 Å². The number of benzene rings is 2. The van der Waals surface area contributed by atoms with Crippen LogP contribution in [0.15, 0.2) is 78.4 Å². The monoisotopic (exact) mass is 406 g/mol. The Morgan fingerprint density at radius 1 is 1.07 bits per heavy atom. The SMILES string of the molecule is CCCCN(C=O)/C(=C(C)\C=C\C(=O)N[C@H](CO)c1ccccc1)c1ccccc1. The zero-order chi connectivity index (χ0) is 21.8. The smallest absolute Gasteiger partial charge is 0.244 e. The molecule has 0 aliphatic carbocycles. The second-order valence-electron chi connectivity index (χ2n) is 7.04. The maximum absolute atomic E-state index is 12.4. The van der Waals surface area contributed by atoms with Crippen molar-refractivity contribution in [2.45, 2.75) is 32.7 Å². The summed E-state index contributed by atoms with van der Waals surface area (Å²) in [6.45, 7) is 4.39. The Morgan fingerprint density at radius 2 is 1.70 bits per heavy atom. The van der Waals surface area contributed by atoms with Crippen molar-refractivity contribution in [2.24, 2.45) is 0 Å². The summed E-state index contributed by atoms with van der Waals surface area (Å²) in [5, 5.41) is 12.4. The molecule has 0 unspecified atom stereocenters. The van der Waals surface area contributed by atoms with Gasteiger partial charge in [0.1, 0.15) is 0 Å². The number of aliphatic hydroxyl groups is 1. The van der Waals surface area contributed by atoms with Gasteiger partial charge in [0.25, 0.3) is 0 Å². The minimum Gasteiger partial charge on any atom is -0.394 e. The molecule has 2 N–H and O–H groups in total. The average molecular weight is 407 g/mol. The molecule has 0 heterocycles. The summed E-state index contributed by atoms with van der Waals surface area (Å²) < 4.78 is 0. The van der Waals surface area contributed by atoms with Crippen LogP contribution in [0.3, 0.4) is 0 Å². The second-order valence-corrected chi connectivity index (χ2v) is 7.04. The molecular formula is C25H30N2O3. The molecule has 2 aromatic carbocycles. The Labute approximate surface area is 178 Å². The zero-order valence-electron chi connectivity index (χ0n) is 17.6. The van der Waals surface area contributed by atoms with Crippen LogP contribution >= 0.6 is 0 Å². The van der Waals surface area contributed by atoms with Crippen LogP contribution in [-0.2, 0) is 9.59 Å². The van der Waals surface area contributed by atoms with E-state index >= 15 is 0 Å². The Bertz CT molecular complexity index is 860. The molecule has 2 aromatic rings. The summed E-state index contributed by atoms with van der Waals surface area (Å²) >= 11 is 0. The maximum Gasteiger partial charge on any atom is 0.244 e. The molecule has 0 radical (unpaired) electrons. The molecule has 0 bridgehead atoms. The van der Waals surface area contributed by atoms with Gasteiger partial charge < -0.3 is 15.3 Å². The van der Waals surface area contributed by atoms with E-state index in [0.717, 1.165) is 41.6 Å².